The summed E-state index contributed by atoms with van der Waals surface area (Å²) >= 11 is 7.82. The molecule has 1 amide bonds. The van der Waals surface area contributed by atoms with Crippen molar-refractivity contribution < 1.29 is 4.79 Å². The molecule has 0 bridgehead atoms. The number of hydrogen-bond acceptors (Lipinski definition) is 3. The van der Waals surface area contributed by atoms with Gasteiger partial charge in [0.25, 0.3) is 0 Å². The lowest BCUT2D eigenvalue weighted by molar-refractivity contribution is 0.100. The minimum Gasteiger partial charge on any atom is -0.366 e. The Morgan fingerprint density at radius 3 is 2.84 bits per heavy atom. The van der Waals surface area contributed by atoms with E-state index in [1.54, 1.807) is 23.5 Å². The second kappa shape index (κ2) is 6.19. The van der Waals surface area contributed by atoms with E-state index in [0.29, 0.717) is 17.1 Å². The third kappa shape index (κ3) is 3.56. The van der Waals surface area contributed by atoms with E-state index in [1.807, 2.05) is 6.07 Å². The molecule has 0 saturated carbocycles. The van der Waals surface area contributed by atoms with Crippen LogP contribution in [0.15, 0.2) is 35.0 Å². The van der Waals surface area contributed by atoms with E-state index in [4.69, 9.17) is 17.3 Å². The van der Waals surface area contributed by atoms with Crippen LogP contribution in [0.4, 0.5) is 0 Å². The maximum Gasteiger partial charge on any atom is 0.248 e. The SMILES string of the molecule is CC(NCc1ccc(C(N)=O)cc1Cl)c1ccsc1. The van der Waals surface area contributed by atoms with E-state index in [-0.39, 0.29) is 6.04 Å². The maximum absolute atomic E-state index is 11.0. The Morgan fingerprint density at radius 1 is 1.47 bits per heavy atom. The molecule has 1 heterocycles. The third-order valence-corrected chi connectivity index (χ3v) is 4.03. The molecule has 2 aromatic rings. The molecule has 0 spiro atoms. The van der Waals surface area contributed by atoms with Gasteiger partial charge in [0.2, 0.25) is 5.91 Å². The molecule has 1 unspecified atom stereocenters. The average molecular weight is 295 g/mol. The lowest BCUT2D eigenvalue weighted by Crippen LogP contribution is -2.18. The third-order valence-electron chi connectivity index (χ3n) is 2.98. The first-order valence-electron chi connectivity index (χ1n) is 5.91. The Morgan fingerprint density at radius 2 is 2.26 bits per heavy atom. The van der Waals surface area contributed by atoms with Gasteiger partial charge in [0.05, 0.1) is 0 Å². The highest BCUT2D eigenvalue weighted by molar-refractivity contribution is 7.07. The molecule has 100 valence electrons. The summed E-state index contributed by atoms with van der Waals surface area (Å²) in [6.45, 7) is 2.75. The molecular weight excluding hydrogens is 280 g/mol. The van der Waals surface area contributed by atoms with Crippen molar-refractivity contribution in [2.24, 2.45) is 5.73 Å². The van der Waals surface area contributed by atoms with Crippen LogP contribution >= 0.6 is 22.9 Å². The summed E-state index contributed by atoms with van der Waals surface area (Å²) in [7, 11) is 0. The van der Waals surface area contributed by atoms with E-state index in [0.717, 1.165) is 5.56 Å². The molecule has 0 saturated heterocycles. The predicted octanol–water partition coefficient (Wildman–Crippen LogP) is 3.35. The highest BCUT2D eigenvalue weighted by atomic mass is 35.5. The number of rotatable bonds is 5. The number of primary amides is 1. The molecular formula is C14H15ClN2OS. The molecule has 0 radical (unpaired) electrons. The fourth-order valence-corrected chi connectivity index (χ4v) is 2.75. The monoisotopic (exact) mass is 294 g/mol. The number of hydrogen-bond donors (Lipinski definition) is 2. The van der Waals surface area contributed by atoms with Gasteiger partial charge < -0.3 is 11.1 Å². The summed E-state index contributed by atoms with van der Waals surface area (Å²) in [5.41, 5.74) is 7.85. The molecule has 1 aromatic heterocycles. The van der Waals surface area contributed by atoms with Crippen molar-refractivity contribution in [3.05, 3.63) is 56.7 Å². The zero-order valence-electron chi connectivity index (χ0n) is 10.5. The molecule has 1 aromatic carbocycles. The van der Waals surface area contributed by atoms with Crippen molar-refractivity contribution in [1.29, 1.82) is 0 Å². The van der Waals surface area contributed by atoms with E-state index in [9.17, 15) is 4.79 Å². The number of benzene rings is 1. The summed E-state index contributed by atoms with van der Waals surface area (Å²) in [6, 6.07) is 7.49. The quantitative estimate of drug-likeness (QED) is 0.888. The van der Waals surface area contributed by atoms with Crippen LogP contribution in [0.1, 0.15) is 34.5 Å². The van der Waals surface area contributed by atoms with Gasteiger partial charge in [-0.05, 0) is 47.0 Å². The maximum atomic E-state index is 11.0. The second-order valence-electron chi connectivity index (χ2n) is 4.33. The van der Waals surface area contributed by atoms with Crippen molar-refractivity contribution in [3.63, 3.8) is 0 Å². The zero-order valence-corrected chi connectivity index (χ0v) is 12.1. The van der Waals surface area contributed by atoms with E-state index in [2.05, 4.69) is 29.1 Å². The summed E-state index contributed by atoms with van der Waals surface area (Å²) in [4.78, 5) is 11.0. The van der Waals surface area contributed by atoms with Gasteiger partial charge in [-0.1, -0.05) is 17.7 Å². The number of thiophene rings is 1. The summed E-state index contributed by atoms with van der Waals surface area (Å²) in [6.07, 6.45) is 0. The Labute approximate surface area is 121 Å². The number of nitrogens with one attached hydrogen (secondary N) is 1. The fraction of sp³-hybridized carbons (Fsp3) is 0.214. The van der Waals surface area contributed by atoms with Crippen LogP contribution in [0.5, 0.6) is 0 Å². The topological polar surface area (TPSA) is 55.1 Å². The van der Waals surface area contributed by atoms with E-state index < -0.39 is 5.91 Å². The molecule has 5 heteroatoms. The number of halogens is 1. The molecule has 3 nitrogen and oxygen atoms in total. The highest BCUT2D eigenvalue weighted by Gasteiger charge is 2.08. The van der Waals surface area contributed by atoms with Crippen LogP contribution in [0, 0.1) is 0 Å². The lowest BCUT2D eigenvalue weighted by atomic mass is 10.1. The molecule has 1 atom stereocenters. The predicted molar refractivity (Wildman–Crippen MR) is 79.5 cm³/mol. The highest BCUT2D eigenvalue weighted by Crippen LogP contribution is 2.20. The van der Waals surface area contributed by atoms with Crippen molar-refractivity contribution in [2.75, 3.05) is 0 Å². The van der Waals surface area contributed by atoms with Gasteiger partial charge in [-0.25, -0.2) is 0 Å². The molecule has 0 aliphatic heterocycles. The van der Waals surface area contributed by atoms with Crippen LogP contribution in [0.3, 0.4) is 0 Å². The summed E-state index contributed by atoms with van der Waals surface area (Å²) in [5, 5.41) is 8.13. The Balaban J connectivity index is 2.02. The average Bonchev–Trinajstić information content (AvgIpc) is 2.90. The van der Waals surface area contributed by atoms with Crippen LogP contribution in [-0.2, 0) is 6.54 Å². The Hall–Kier alpha value is -1.36. The van der Waals surface area contributed by atoms with Gasteiger partial charge in [-0.15, -0.1) is 0 Å². The Kier molecular flexibility index (Phi) is 4.58. The molecule has 0 aliphatic carbocycles. The smallest absolute Gasteiger partial charge is 0.248 e. The first-order valence-corrected chi connectivity index (χ1v) is 7.23. The van der Waals surface area contributed by atoms with Crippen LogP contribution in [0.2, 0.25) is 5.02 Å². The van der Waals surface area contributed by atoms with Crippen LogP contribution in [-0.4, -0.2) is 5.91 Å². The number of nitrogens with two attached hydrogens (primary N) is 1. The van der Waals surface area contributed by atoms with Gasteiger partial charge in [-0.2, -0.15) is 11.3 Å². The van der Waals surface area contributed by atoms with Gasteiger partial charge in [0.1, 0.15) is 0 Å². The first-order chi connectivity index (χ1) is 9.08. The van der Waals surface area contributed by atoms with Gasteiger partial charge in [-0.3, -0.25) is 4.79 Å². The van der Waals surface area contributed by atoms with Crippen LogP contribution in [0.25, 0.3) is 0 Å². The number of carbonyl (C=O) groups excluding carboxylic acids is 1. The normalized spacial score (nSPS) is 12.3. The molecule has 0 aliphatic rings. The number of carbonyl (C=O) groups is 1. The van der Waals surface area contributed by atoms with Crippen molar-refractivity contribution in [3.8, 4) is 0 Å². The molecule has 2 rings (SSSR count). The molecule has 0 fully saturated rings. The largest absolute Gasteiger partial charge is 0.366 e. The van der Waals surface area contributed by atoms with Crippen LogP contribution < -0.4 is 11.1 Å². The van der Waals surface area contributed by atoms with Crippen molar-refractivity contribution in [2.45, 2.75) is 19.5 Å². The van der Waals surface area contributed by atoms with Crippen molar-refractivity contribution in [1.82, 2.24) is 5.32 Å². The minimum atomic E-state index is -0.465. The van der Waals surface area contributed by atoms with Gasteiger partial charge in [0, 0.05) is 23.2 Å². The lowest BCUT2D eigenvalue weighted by Gasteiger charge is -2.13. The van der Waals surface area contributed by atoms with E-state index in [1.165, 1.54) is 5.56 Å². The standard InChI is InChI=1S/C14H15ClN2OS/c1-9(12-4-5-19-8-12)17-7-11-3-2-10(14(16)18)6-13(11)15/h2-6,8-9,17H,7H2,1H3,(H2,16,18). The summed E-state index contributed by atoms with van der Waals surface area (Å²) in [5.74, 6) is -0.465. The molecule has 3 N–H and O–H groups in total. The van der Waals surface area contributed by atoms with Gasteiger partial charge >= 0.3 is 0 Å². The minimum absolute atomic E-state index is 0.262. The summed E-state index contributed by atoms with van der Waals surface area (Å²) < 4.78 is 0. The number of amides is 1. The first kappa shape index (κ1) is 14.1. The molecule has 19 heavy (non-hydrogen) atoms. The zero-order chi connectivity index (χ0) is 13.8. The Bertz CT molecular complexity index is 569. The van der Waals surface area contributed by atoms with E-state index >= 15 is 0 Å². The van der Waals surface area contributed by atoms with Gasteiger partial charge in [0.15, 0.2) is 0 Å². The second-order valence-corrected chi connectivity index (χ2v) is 5.52. The fourth-order valence-electron chi connectivity index (χ4n) is 1.75. The van der Waals surface area contributed by atoms with Crippen molar-refractivity contribution >= 4 is 28.8 Å².